The summed E-state index contributed by atoms with van der Waals surface area (Å²) in [5.74, 6) is -0.358. The number of aryl methyl sites for hydroxylation is 1. The fraction of sp³-hybridized carbons (Fsp3) is 0.583. The molecule has 0 bridgehead atoms. The van der Waals surface area contributed by atoms with Gasteiger partial charge in [-0.1, -0.05) is 6.07 Å². The number of nitrogens with one attached hydrogen (secondary N) is 2. The van der Waals surface area contributed by atoms with Crippen molar-refractivity contribution in [3.8, 4) is 0 Å². The quantitative estimate of drug-likeness (QED) is 0.785. The second-order valence-electron chi connectivity index (χ2n) is 9.41. The molecule has 2 heterocycles. The predicted molar refractivity (Wildman–Crippen MR) is 120 cm³/mol. The number of aromatic nitrogens is 1. The number of carbonyl (C=O) groups excluding carboxylic acids is 2. The van der Waals surface area contributed by atoms with Crippen LogP contribution in [0, 0.1) is 12.7 Å². The van der Waals surface area contributed by atoms with Crippen molar-refractivity contribution in [2.24, 2.45) is 0 Å². The molecule has 31 heavy (non-hydrogen) atoms. The SMILES string of the molecule is CC(=O)N1[C@@H](C)CN([C@@H]2CCC[C@@H](NC(=O)c3cc4c(F)ccc(C)c4[nH]3)C2)C[C@@H]1C. The molecule has 1 aromatic heterocycles. The highest BCUT2D eigenvalue weighted by Crippen LogP contribution is 2.28. The molecule has 0 spiro atoms. The molecule has 168 valence electrons. The number of nitrogens with zero attached hydrogens (tertiary/aromatic N) is 2. The summed E-state index contributed by atoms with van der Waals surface area (Å²) < 4.78 is 14.1. The smallest absolute Gasteiger partial charge is 0.267 e. The van der Waals surface area contributed by atoms with Gasteiger partial charge in [-0.3, -0.25) is 14.5 Å². The minimum absolute atomic E-state index is 0.0973. The molecule has 1 aromatic carbocycles. The fourth-order valence-electron chi connectivity index (χ4n) is 5.62. The van der Waals surface area contributed by atoms with Crippen LogP contribution < -0.4 is 5.32 Å². The van der Waals surface area contributed by atoms with Gasteiger partial charge in [-0.15, -0.1) is 0 Å². The van der Waals surface area contributed by atoms with E-state index in [1.165, 1.54) is 6.07 Å². The summed E-state index contributed by atoms with van der Waals surface area (Å²) in [6.07, 6.45) is 4.03. The van der Waals surface area contributed by atoms with Gasteiger partial charge in [0.15, 0.2) is 0 Å². The number of benzene rings is 1. The van der Waals surface area contributed by atoms with E-state index in [-0.39, 0.29) is 35.8 Å². The summed E-state index contributed by atoms with van der Waals surface area (Å²) in [7, 11) is 0. The average Bonchev–Trinajstić information content (AvgIpc) is 3.17. The van der Waals surface area contributed by atoms with Gasteiger partial charge in [-0.2, -0.15) is 0 Å². The van der Waals surface area contributed by atoms with Crippen LogP contribution in [0.3, 0.4) is 0 Å². The van der Waals surface area contributed by atoms with Gasteiger partial charge >= 0.3 is 0 Å². The lowest BCUT2D eigenvalue weighted by Crippen LogP contribution is -2.61. The van der Waals surface area contributed by atoms with E-state index in [4.69, 9.17) is 0 Å². The first-order chi connectivity index (χ1) is 14.7. The topological polar surface area (TPSA) is 68.4 Å². The van der Waals surface area contributed by atoms with E-state index in [1.807, 2.05) is 11.8 Å². The third kappa shape index (κ3) is 4.33. The molecule has 1 saturated heterocycles. The zero-order chi connectivity index (χ0) is 22.3. The summed E-state index contributed by atoms with van der Waals surface area (Å²) in [6, 6.07) is 5.65. The monoisotopic (exact) mass is 428 g/mol. The van der Waals surface area contributed by atoms with Crippen LogP contribution in [0.5, 0.6) is 0 Å². The Labute approximate surface area is 183 Å². The highest BCUT2D eigenvalue weighted by atomic mass is 19.1. The first-order valence-corrected chi connectivity index (χ1v) is 11.4. The Morgan fingerprint density at radius 2 is 1.87 bits per heavy atom. The molecule has 2 aromatic rings. The zero-order valence-electron chi connectivity index (χ0n) is 18.9. The summed E-state index contributed by atoms with van der Waals surface area (Å²) >= 11 is 0. The lowest BCUT2D eigenvalue weighted by Gasteiger charge is -2.48. The Morgan fingerprint density at radius 3 is 2.52 bits per heavy atom. The van der Waals surface area contributed by atoms with E-state index in [2.05, 4.69) is 29.0 Å². The van der Waals surface area contributed by atoms with Crippen LogP contribution in [0.2, 0.25) is 0 Å². The predicted octanol–water partition coefficient (Wildman–Crippen LogP) is 3.60. The summed E-state index contributed by atoms with van der Waals surface area (Å²) in [5.41, 5.74) is 2.00. The molecule has 6 nitrogen and oxygen atoms in total. The maximum Gasteiger partial charge on any atom is 0.267 e. The normalized spacial score (nSPS) is 27.5. The third-order valence-electron chi connectivity index (χ3n) is 7.00. The van der Waals surface area contributed by atoms with Gasteiger partial charge in [0.25, 0.3) is 5.91 Å². The van der Waals surface area contributed by atoms with E-state index in [0.29, 0.717) is 22.6 Å². The Kier molecular flexibility index (Phi) is 6.06. The highest BCUT2D eigenvalue weighted by Gasteiger charge is 2.36. The van der Waals surface area contributed by atoms with Crippen LogP contribution in [0.1, 0.15) is 62.5 Å². The van der Waals surface area contributed by atoms with Gasteiger partial charge in [0, 0.05) is 49.6 Å². The number of aromatic amines is 1. The maximum atomic E-state index is 14.1. The molecule has 4 atom stereocenters. The summed E-state index contributed by atoms with van der Waals surface area (Å²) in [6.45, 7) is 9.52. The van der Waals surface area contributed by atoms with Crippen molar-refractivity contribution in [3.63, 3.8) is 0 Å². The van der Waals surface area contributed by atoms with Crippen molar-refractivity contribution in [3.05, 3.63) is 35.3 Å². The molecule has 1 aliphatic heterocycles. The fourth-order valence-corrected chi connectivity index (χ4v) is 5.62. The molecule has 1 aliphatic carbocycles. The first kappa shape index (κ1) is 21.8. The Bertz CT molecular complexity index is 936. The Balaban J connectivity index is 1.41. The van der Waals surface area contributed by atoms with Crippen molar-refractivity contribution >= 4 is 22.7 Å². The first-order valence-electron chi connectivity index (χ1n) is 11.4. The summed E-state index contributed by atoms with van der Waals surface area (Å²) in [4.78, 5) is 32.4. The number of carbonyl (C=O) groups is 2. The number of halogens is 1. The second-order valence-corrected chi connectivity index (χ2v) is 9.41. The molecule has 2 amide bonds. The van der Waals surface area contributed by atoms with E-state index in [9.17, 15) is 14.0 Å². The molecular formula is C24H33FN4O2. The van der Waals surface area contributed by atoms with Gasteiger partial charge in [0.2, 0.25) is 5.91 Å². The number of hydrogen-bond acceptors (Lipinski definition) is 3. The largest absolute Gasteiger partial charge is 0.350 e. The van der Waals surface area contributed by atoms with Gasteiger partial charge in [-0.05, 0) is 64.2 Å². The molecule has 1 saturated carbocycles. The molecule has 2 fully saturated rings. The van der Waals surface area contributed by atoms with E-state index < -0.39 is 0 Å². The highest BCUT2D eigenvalue weighted by molar-refractivity contribution is 5.99. The minimum atomic E-state index is -0.318. The lowest BCUT2D eigenvalue weighted by molar-refractivity contribution is -0.137. The van der Waals surface area contributed by atoms with E-state index >= 15 is 0 Å². The molecular weight excluding hydrogens is 395 g/mol. The average molecular weight is 429 g/mol. The number of hydrogen-bond donors (Lipinski definition) is 2. The third-order valence-corrected chi connectivity index (χ3v) is 7.00. The molecule has 0 radical (unpaired) electrons. The van der Waals surface area contributed by atoms with Gasteiger partial charge in [0.05, 0.1) is 5.52 Å². The van der Waals surface area contributed by atoms with Crippen molar-refractivity contribution in [1.29, 1.82) is 0 Å². The maximum absolute atomic E-state index is 14.1. The van der Waals surface area contributed by atoms with Crippen molar-refractivity contribution in [2.75, 3.05) is 13.1 Å². The standard InChI is InChI=1S/C24H33FN4O2/c1-14-8-9-21(25)20-11-22(27-23(14)20)24(31)26-18-6-5-7-19(10-18)28-12-15(2)29(17(4)30)16(3)13-28/h8-9,11,15-16,18-19,27H,5-7,10,12-13H2,1-4H3,(H,26,31)/t15-,16-,18+,19+/m0/s1. The molecule has 2 N–H and O–H groups in total. The van der Waals surface area contributed by atoms with Crippen molar-refractivity contribution < 1.29 is 14.0 Å². The van der Waals surface area contributed by atoms with Crippen LogP contribution in [0.25, 0.3) is 10.9 Å². The van der Waals surface area contributed by atoms with E-state index in [0.717, 1.165) is 44.3 Å². The van der Waals surface area contributed by atoms with Crippen molar-refractivity contribution in [2.45, 2.75) is 77.5 Å². The number of fused-ring (bicyclic) bond motifs is 1. The molecule has 0 unspecified atom stereocenters. The number of piperazine rings is 1. The summed E-state index contributed by atoms with van der Waals surface area (Å²) in [5, 5.41) is 3.63. The molecule has 2 aliphatic rings. The van der Waals surface area contributed by atoms with Gasteiger partial charge in [0.1, 0.15) is 11.5 Å². The van der Waals surface area contributed by atoms with Crippen LogP contribution in [0.4, 0.5) is 4.39 Å². The van der Waals surface area contributed by atoms with Crippen LogP contribution >= 0.6 is 0 Å². The minimum Gasteiger partial charge on any atom is -0.350 e. The lowest BCUT2D eigenvalue weighted by atomic mass is 9.88. The zero-order valence-corrected chi connectivity index (χ0v) is 18.9. The Morgan fingerprint density at radius 1 is 1.16 bits per heavy atom. The van der Waals surface area contributed by atoms with Crippen LogP contribution in [0.15, 0.2) is 18.2 Å². The second kappa shape index (κ2) is 8.61. The molecule has 4 rings (SSSR count). The Hall–Kier alpha value is -2.41. The van der Waals surface area contributed by atoms with Crippen LogP contribution in [-0.4, -0.2) is 63.9 Å². The number of H-pyrrole nitrogens is 1. The molecule has 7 heteroatoms. The number of amides is 2. The number of rotatable bonds is 3. The van der Waals surface area contributed by atoms with E-state index in [1.54, 1.807) is 19.1 Å². The van der Waals surface area contributed by atoms with Crippen LogP contribution in [-0.2, 0) is 4.79 Å². The van der Waals surface area contributed by atoms with Gasteiger partial charge < -0.3 is 15.2 Å². The van der Waals surface area contributed by atoms with Crippen molar-refractivity contribution in [1.82, 2.24) is 20.1 Å². The van der Waals surface area contributed by atoms with Gasteiger partial charge in [-0.25, -0.2) is 4.39 Å².